The number of quaternary nitrogens is 1. The quantitative estimate of drug-likeness (QED) is 0.776. The molecule has 1 aromatic carbocycles. The van der Waals surface area contributed by atoms with E-state index in [-0.39, 0.29) is 11.5 Å². The molecule has 3 rings (SSSR count). The molecule has 0 aliphatic carbocycles. The lowest BCUT2D eigenvalue weighted by atomic mass is 9.74. The van der Waals surface area contributed by atoms with Crippen LogP contribution < -0.4 is 5.32 Å². The van der Waals surface area contributed by atoms with E-state index in [0.717, 1.165) is 32.5 Å². The number of carbonyl (C=O) groups is 1. The van der Waals surface area contributed by atoms with E-state index in [4.69, 9.17) is 4.74 Å². The van der Waals surface area contributed by atoms with E-state index in [1.165, 1.54) is 11.3 Å². The summed E-state index contributed by atoms with van der Waals surface area (Å²) < 4.78 is 5.08. The molecule has 1 spiro atoms. The van der Waals surface area contributed by atoms with Crippen molar-refractivity contribution in [2.45, 2.75) is 25.2 Å². The highest BCUT2D eigenvalue weighted by atomic mass is 16.6. The topological polar surface area (TPSA) is 46.1 Å². The van der Waals surface area contributed by atoms with Crippen molar-refractivity contribution in [2.75, 3.05) is 26.2 Å². The van der Waals surface area contributed by atoms with Crippen molar-refractivity contribution in [3.05, 3.63) is 29.8 Å². The minimum Gasteiger partial charge on any atom is -0.450 e. The maximum Gasteiger partial charge on any atom is 0.409 e. The van der Waals surface area contributed by atoms with E-state index in [1.54, 1.807) is 0 Å². The molecule has 0 aromatic heterocycles. The van der Waals surface area contributed by atoms with Crippen molar-refractivity contribution < 1.29 is 14.8 Å². The monoisotopic (exact) mass is 261 g/mol. The number of benzene rings is 1. The predicted octanol–water partition coefficient (Wildman–Crippen LogP) is 1.39. The minimum atomic E-state index is -0.160. The highest BCUT2D eigenvalue weighted by Crippen LogP contribution is 2.39. The van der Waals surface area contributed by atoms with Crippen LogP contribution in [0, 0.1) is 0 Å². The second-order valence-corrected chi connectivity index (χ2v) is 5.46. The molecular weight excluding hydrogens is 240 g/mol. The molecule has 4 nitrogen and oxygen atoms in total. The molecule has 1 aromatic rings. The third-order valence-corrected chi connectivity index (χ3v) is 4.49. The fourth-order valence-electron chi connectivity index (χ4n) is 3.38. The highest BCUT2D eigenvalue weighted by Gasteiger charge is 2.45. The zero-order valence-corrected chi connectivity index (χ0v) is 11.4. The number of fused-ring (bicyclic) bond motifs is 2. The largest absolute Gasteiger partial charge is 0.450 e. The van der Waals surface area contributed by atoms with E-state index in [1.807, 2.05) is 11.8 Å². The van der Waals surface area contributed by atoms with Gasteiger partial charge in [0.1, 0.15) is 5.69 Å². The second-order valence-electron chi connectivity index (χ2n) is 5.46. The molecule has 2 heterocycles. The van der Waals surface area contributed by atoms with E-state index < -0.39 is 0 Å². The summed E-state index contributed by atoms with van der Waals surface area (Å²) in [7, 11) is 0. The molecule has 19 heavy (non-hydrogen) atoms. The van der Waals surface area contributed by atoms with Gasteiger partial charge in [0, 0.05) is 18.7 Å². The van der Waals surface area contributed by atoms with Gasteiger partial charge >= 0.3 is 6.09 Å². The van der Waals surface area contributed by atoms with Crippen LogP contribution in [0.3, 0.4) is 0 Å². The molecule has 0 atom stereocenters. The number of likely N-dealkylation sites (tertiary alicyclic amines) is 1. The van der Waals surface area contributed by atoms with Crippen LogP contribution in [0.4, 0.5) is 10.5 Å². The van der Waals surface area contributed by atoms with Crippen molar-refractivity contribution in [1.82, 2.24) is 4.90 Å². The average molecular weight is 261 g/mol. The second kappa shape index (κ2) is 4.85. The summed E-state index contributed by atoms with van der Waals surface area (Å²) >= 11 is 0. The van der Waals surface area contributed by atoms with E-state index in [9.17, 15) is 4.79 Å². The van der Waals surface area contributed by atoms with Gasteiger partial charge in [-0.1, -0.05) is 18.2 Å². The smallest absolute Gasteiger partial charge is 0.409 e. The number of nitrogens with zero attached hydrogens (tertiary/aromatic N) is 1. The molecule has 1 saturated heterocycles. The zero-order valence-electron chi connectivity index (χ0n) is 11.4. The van der Waals surface area contributed by atoms with Crippen LogP contribution in [0.25, 0.3) is 0 Å². The summed E-state index contributed by atoms with van der Waals surface area (Å²) in [6, 6.07) is 8.67. The number of para-hydroxylation sites is 1. The third-order valence-electron chi connectivity index (χ3n) is 4.49. The fraction of sp³-hybridized carbons (Fsp3) is 0.533. The molecule has 4 heteroatoms. The van der Waals surface area contributed by atoms with Crippen LogP contribution in [0.2, 0.25) is 0 Å². The van der Waals surface area contributed by atoms with Gasteiger partial charge in [0.15, 0.2) is 0 Å². The number of ether oxygens (including phenoxy) is 1. The van der Waals surface area contributed by atoms with Crippen molar-refractivity contribution in [3.8, 4) is 0 Å². The summed E-state index contributed by atoms with van der Waals surface area (Å²) in [6.45, 7) is 5.04. The lowest BCUT2D eigenvalue weighted by Crippen LogP contribution is -2.78. The van der Waals surface area contributed by atoms with E-state index >= 15 is 0 Å². The maximum absolute atomic E-state index is 11.7. The summed E-state index contributed by atoms with van der Waals surface area (Å²) in [4.78, 5) is 13.6. The van der Waals surface area contributed by atoms with Gasteiger partial charge in [-0.2, -0.15) is 0 Å². The van der Waals surface area contributed by atoms with Gasteiger partial charge in [-0.05, 0) is 25.8 Å². The summed E-state index contributed by atoms with van der Waals surface area (Å²) in [5.74, 6) is 0. The summed E-state index contributed by atoms with van der Waals surface area (Å²) in [5.41, 5.74) is 3.12. The van der Waals surface area contributed by atoms with Crippen LogP contribution >= 0.6 is 0 Å². The summed E-state index contributed by atoms with van der Waals surface area (Å²) in [6.07, 6.45) is 1.92. The Labute approximate surface area is 113 Å². The minimum absolute atomic E-state index is 0.160. The van der Waals surface area contributed by atoms with Crippen LogP contribution in [0.15, 0.2) is 24.3 Å². The van der Waals surface area contributed by atoms with Gasteiger partial charge in [-0.25, -0.2) is 4.79 Å². The number of hydrogen-bond acceptors (Lipinski definition) is 2. The van der Waals surface area contributed by atoms with Gasteiger partial charge in [0.25, 0.3) is 0 Å². The maximum atomic E-state index is 11.7. The lowest BCUT2D eigenvalue weighted by molar-refractivity contribution is -0.569. The van der Waals surface area contributed by atoms with Gasteiger partial charge in [-0.15, -0.1) is 0 Å². The Kier molecular flexibility index (Phi) is 3.19. The zero-order chi connectivity index (χ0) is 13.3. The molecule has 0 bridgehead atoms. The SMILES string of the molecule is CCOC(=O)N1CCC2(CC1)C[NH2+]c1ccccc12. The first-order valence-electron chi connectivity index (χ1n) is 7.10. The highest BCUT2D eigenvalue weighted by molar-refractivity contribution is 5.67. The Bertz CT molecular complexity index is 479. The number of rotatable bonds is 1. The Morgan fingerprint density at radius 3 is 2.84 bits per heavy atom. The Balaban J connectivity index is 1.72. The Hall–Kier alpha value is -1.55. The van der Waals surface area contributed by atoms with Crippen LogP contribution in [-0.4, -0.2) is 37.2 Å². The molecule has 102 valence electrons. The number of carbonyl (C=O) groups excluding carboxylic acids is 1. The molecule has 1 fully saturated rings. The Morgan fingerprint density at radius 1 is 1.37 bits per heavy atom. The first kappa shape index (κ1) is 12.5. The number of hydrogen-bond donors (Lipinski definition) is 1. The molecule has 2 aliphatic rings. The normalized spacial score (nSPS) is 20.4. The van der Waals surface area contributed by atoms with Crippen LogP contribution in [-0.2, 0) is 10.2 Å². The lowest BCUT2D eigenvalue weighted by Gasteiger charge is -2.37. The molecule has 1 amide bonds. The van der Waals surface area contributed by atoms with Crippen molar-refractivity contribution in [3.63, 3.8) is 0 Å². The first-order valence-corrected chi connectivity index (χ1v) is 7.10. The third kappa shape index (κ3) is 2.10. The number of piperidine rings is 1. The van der Waals surface area contributed by atoms with Crippen molar-refractivity contribution in [1.29, 1.82) is 0 Å². The molecule has 2 aliphatic heterocycles. The molecule has 0 radical (unpaired) electrons. The molecular formula is C15H21N2O2+. The predicted molar refractivity (Wildman–Crippen MR) is 72.4 cm³/mol. The fourth-order valence-corrected chi connectivity index (χ4v) is 3.38. The molecule has 0 saturated carbocycles. The van der Waals surface area contributed by atoms with Crippen LogP contribution in [0.1, 0.15) is 25.3 Å². The number of amides is 1. The average Bonchev–Trinajstić information content (AvgIpc) is 2.80. The van der Waals surface area contributed by atoms with Gasteiger partial charge in [0.05, 0.1) is 18.6 Å². The number of nitrogens with two attached hydrogens (primary N) is 1. The van der Waals surface area contributed by atoms with Crippen molar-refractivity contribution >= 4 is 11.8 Å². The molecule has 2 N–H and O–H groups in total. The van der Waals surface area contributed by atoms with E-state index in [0.29, 0.717) is 6.61 Å². The van der Waals surface area contributed by atoms with Gasteiger partial charge < -0.3 is 15.0 Å². The van der Waals surface area contributed by atoms with Crippen molar-refractivity contribution in [2.24, 2.45) is 0 Å². The first-order chi connectivity index (χ1) is 9.25. The van der Waals surface area contributed by atoms with E-state index in [2.05, 4.69) is 29.6 Å². The standard InChI is InChI=1S/C15H20N2O2/c1-2-19-14(18)17-9-7-15(8-10-17)11-16-13-6-4-3-5-12(13)15/h3-6,16H,2,7-11H2,1H3/p+1. The van der Waals surface area contributed by atoms with Crippen LogP contribution in [0.5, 0.6) is 0 Å². The summed E-state index contributed by atoms with van der Waals surface area (Å²) in [5, 5.41) is 2.34. The van der Waals surface area contributed by atoms with Gasteiger partial charge in [-0.3, -0.25) is 0 Å². The van der Waals surface area contributed by atoms with Gasteiger partial charge in [0.2, 0.25) is 0 Å². The Morgan fingerprint density at radius 2 is 2.11 bits per heavy atom. The molecule has 0 unspecified atom stereocenters.